The second-order valence-electron chi connectivity index (χ2n) is 3.71. The van der Waals surface area contributed by atoms with Crippen LogP contribution in [0.3, 0.4) is 0 Å². The van der Waals surface area contributed by atoms with Crippen LogP contribution in [0.25, 0.3) is 0 Å². The van der Waals surface area contributed by atoms with Gasteiger partial charge in [0.1, 0.15) is 0 Å². The summed E-state index contributed by atoms with van der Waals surface area (Å²) in [6.07, 6.45) is 0. The fraction of sp³-hybridized carbons (Fsp3) is 0.500. The molecule has 1 aromatic rings. The number of nitrogens with zero attached hydrogens (tertiary/aromatic N) is 1. The van der Waals surface area contributed by atoms with Gasteiger partial charge in [0.2, 0.25) is 0 Å². The lowest BCUT2D eigenvalue weighted by Gasteiger charge is -2.05. The van der Waals surface area contributed by atoms with Crippen molar-refractivity contribution < 1.29 is 0 Å². The Hall–Kier alpha value is -1.03. The van der Waals surface area contributed by atoms with E-state index in [4.69, 9.17) is 5.73 Å². The molecule has 3 N–H and O–H groups in total. The van der Waals surface area contributed by atoms with Crippen LogP contribution in [0.4, 0.5) is 5.69 Å². The normalized spacial score (nSPS) is 12.1. The van der Waals surface area contributed by atoms with Gasteiger partial charge in [0.15, 0.2) is 5.96 Å². The minimum absolute atomic E-state index is 0.500. The summed E-state index contributed by atoms with van der Waals surface area (Å²) in [5, 5.41) is 7.20. The van der Waals surface area contributed by atoms with E-state index in [2.05, 4.69) is 36.5 Å². The van der Waals surface area contributed by atoms with E-state index in [1.165, 1.54) is 5.56 Å². The lowest BCUT2D eigenvalue weighted by molar-refractivity contribution is 0.665. The maximum Gasteiger partial charge on any atom is 0.193 e. The lowest BCUT2D eigenvalue weighted by Crippen LogP contribution is -2.23. The smallest absolute Gasteiger partial charge is 0.193 e. The zero-order chi connectivity index (χ0) is 10.6. The fourth-order valence-corrected chi connectivity index (χ4v) is 1.73. The zero-order valence-electron chi connectivity index (χ0n) is 8.87. The van der Waals surface area contributed by atoms with Gasteiger partial charge < -0.3 is 11.1 Å². The van der Waals surface area contributed by atoms with Crippen LogP contribution in [0, 0.1) is 12.8 Å². The monoisotopic (exact) mass is 211 g/mol. The van der Waals surface area contributed by atoms with Crippen molar-refractivity contribution in [3.8, 4) is 0 Å². The van der Waals surface area contributed by atoms with Gasteiger partial charge in [-0.25, -0.2) is 0 Å². The van der Waals surface area contributed by atoms with Crippen molar-refractivity contribution in [2.45, 2.75) is 20.8 Å². The van der Waals surface area contributed by atoms with Crippen LogP contribution >= 0.6 is 11.3 Å². The number of nitrogens with two attached hydrogens (primary N) is 1. The molecule has 0 aliphatic heterocycles. The highest BCUT2D eigenvalue weighted by molar-refractivity contribution is 7.08. The first-order valence-corrected chi connectivity index (χ1v) is 5.63. The molecular weight excluding hydrogens is 194 g/mol. The first kappa shape index (κ1) is 11.0. The molecule has 0 amide bonds. The number of nitrogens with one attached hydrogen (secondary N) is 1. The van der Waals surface area contributed by atoms with Crippen molar-refractivity contribution in [1.29, 1.82) is 0 Å². The van der Waals surface area contributed by atoms with E-state index in [1.807, 2.05) is 5.38 Å². The molecule has 1 aromatic heterocycles. The SMILES string of the molecule is Cc1cscc1NC(N)=NCC(C)C. The summed E-state index contributed by atoms with van der Waals surface area (Å²) < 4.78 is 0. The Morgan fingerprint density at radius 1 is 1.57 bits per heavy atom. The molecule has 0 fully saturated rings. The Labute approximate surface area is 89.0 Å². The summed E-state index contributed by atoms with van der Waals surface area (Å²) in [4.78, 5) is 4.23. The average Bonchev–Trinajstić information content (AvgIpc) is 2.49. The van der Waals surface area contributed by atoms with Gasteiger partial charge in [-0.15, -0.1) is 11.3 Å². The number of hydrogen-bond donors (Lipinski definition) is 2. The van der Waals surface area contributed by atoms with Gasteiger partial charge >= 0.3 is 0 Å². The molecule has 0 atom stereocenters. The summed E-state index contributed by atoms with van der Waals surface area (Å²) in [5.41, 5.74) is 7.99. The van der Waals surface area contributed by atoms with Crippen molar-refractivity contribution in [2.24, 2.45) is 16.6 Å². The molecule has 78 valence electrons. The number of rotatable bonds is 3. The minimum atomic E-state index is 0.500. The molecule has 1 rings (SSSR count). The summed E-state index contributed by atoms with van der Waals surface area (Å²) in [7, 11) is 0. The molecule has 0 spiro atoms. The average molecular weight is 211 g/mol. The van der Waals surface area contributed by atoms with E-state index in [9.17, 15) is 0 Å². The van der Waals surface area contributed by atoms with Crippen LogP contribution < -0.4 is 11.1 Å². The molecule has 4 heteroatoms. The molecular formula is C10H17N3S. The number of anilines is 1. The van der Waals surface area contributed by atoms with E-state index in [0.717, 1.165) is 12.2 Å². The fourth-order valence-electron chi connectivity index (χ4n) is 0.947. The van der Waals surface area contributed by atoms with E-state index in [-0.39, 0.29) is 0 Å². The second kappa shape index (κ2) is 5.00. The largest absolute Gasteiger partial charge is 0.370 e. The van der Waals surface area contributed by atoms with Crippen molar-refractivity contribution in [1.82, 2.24) is 0 Å². The highest BCUT2D eigenvalue weighted by Gasteiger charge is 2.00. The zero-order valence-corrected chi connectivity index (χ0v) is 9.69. The molecule has 14 heavy (non-hydrogen) atoms. The Morgan fingerprint density at radius 2 is 2.29 bits per heavy atom. The maximum atomic E-state index is 5.73. The maximum absolute atomic E-state index is 5.73. The molecule has 0 aromatic carbocycles. The Balaban J connectivity index is 2.52. The van der Waals surface area contributed by atoms with E-state index >= 15 is 0 Å². The van der Waals surface area contributed by atoms with Crippen LogP contribution in [-0.4, -0.2) is 12.5 Å². The molecule has 0 aliphatic carbocycles. The van der Waals surface area contributed by atoms with Crippen LogP contribution in [-0.2, 0) is 0 Å². The predicted molar refractivity (Wildman–Crippen MR) is 64.0 cm³/mol. The van der Waals surface area contributed by atoms with E-state index in [1.54, 1.807) is 11.3 Å². The van der Waals surface area contributed by atoms with Gasteiger partial charge in [-0.05, 0) is 23.8 Å². The molecule has 0 aliphatic rings. The Kier molecular flexibility index (Phi) is 3.95. The number of aliphatic imine (C=N–C) groups is 1. The van der Waals surface area contributed by atoms with Gasteiger partial charge in [0.25, 0.3) is 0 Å². The summed E-state index contributed by atoms with van der Waals surface area (Å²) >= 11 is 1.66. The first-order valence-electron chi connectivity index (χ1n) is 4.69. The number of hydrogen-bond acceptors (Lipinski definition) is 2. The Bertz CT molecular complexity index is 315. The van der Waals surface area contributed by atoms with E-state index in [0.29, 0.717) is 11.9 Å². The molecule has 0 saturated carbocycles. The molecule has 3 nitrogen and oxygen atoms in total. The quantitative estimate of drug-likeness (QED) is 0.596. The second-order valence-corrected chi connectivity index (χ2v) is 4.46. The highest BCUT2D eigenvalue weighted by Crippen LogP contribution is 2.18. The van der Waals surface area contributed by atoms with Gasteiger partial charge in [-0.3, -0.25) is 4.99 Å². The summed E-state index contributed by atoms with van der Waals surface area (Å²) in [6, 6.07) is 0. The third-order valence-corrected chi connectivity index (χ3v) is 2.61. The molecule has 0 unspecified atom stereocenters. The first-order chi connectivity index (χ1) is 6.59. The van der Waals surface area contributed by atoms with Crippen LogP contribution in [0.2, 0.25) is 0 Å². The van der Waals surface area contributed by atoms with Gasteiger partial charge in [-0.1, -0.05) is 13.8 Å². The van der Waals surface area contributed by atoms with Crippen molar-refractivity contribution in [3.05, 3.63) is 16.3 Å². The highest BCUT2D eigenvalue weighted by atomic mass is 32.1. The number of aryl methyl sites for hydroxylation is 1. The molecule has 0 saturated heterocycles. The standard InChI is InChI=1S/C10H17N3S/c1-7(2)4-12-10(11)13-9-6-14-5-8(9)3/h5-7H,4H2,1-3H3,(H3,11,12,13). The molecule has 1 heterocycles. The van der Waals surface area contributed by atoms with Gasteiger partial charge in [0, 0.05) is 11.9 Å². The third-order valence-electron chi connectivity index (χ3n) is 1.75. The topological polar surface area (TPSA) is 50.4 Å². The number of guanidine groups is 1. The molecule has 0 bridgehead atoms. The van der Waals surface area contributed by atoms with Gasteiger partial charge in [0.05, 0.1) is 5.69 Å². The van der Waals surface area contributed by atoms with Crippen LogP contribution in [0.15, 0.2) is 15.8 Å². The third kappa shape index (κ3) is 3.38. The van der Waals surface area contributed by atoms with Crippen molar-refractivity contribution in [2.75, 3.05) is 11.9 Å². The molecule has 0 radical (unpaired) electrons. The van der Waals surface area contributed by atoms with Gasteiger partial charge in [-0.2, -0.15) is 0 Å². The van der Waals surface area contributed by atoms with E-state index < -0.39 is 0 Å². The number of thiophene rings is 1. The Morgan fingerprint density at radius 3 is 2.79 bits per heavy atom. The van der Waals surface area contributed by atoms with Crippen molar-refractivity contribution in [3.63, 3.8) is 0 Å². The summed E-state index contributed by atoms with van der Waals surface area (Å²) in [6.45, 7) is 7.05. The summed E-state index contributed by atoms with van der Waals surface area (Å²) in [5.74, 6) is 1.04. The van der Waals surface area contributed by atoms with Crippen LogP contribution in [0.1, 0.15) is 19.4 Å². The van der Waals surface area contributed by atoms with Crippen LogP contribution in [0.5, 0.6) is 0 Å². The lowest BCUT2D eigenvalue weighted by atomic mass is 10.2. The predicted octanol–water partition coefficient (Wildman–Crippen LogP) is 2.44. The van der Waals surface area contributed by atoms with Crippen molar-refractivity contribution >= 4 is 23.0 Å². The minimum Gasteiger partial charge on any atom is -0.370 e.